The Labute approximate surface area is 107 Å². The van der Waals surface area contributed by atoms with Gasteiger partial charge in [0.15, 0.2) is 0 Å². The number of carbonyl (C=O) groups excluding carboxylic acids is 1. The van der Waals surface area contributed by atoms with Crippen molar-refractivity contribution >= 4 is 17.6 Å². The first-order valence-electron chi connectivity index (χ1n) is 5.73. The average Bonchev–Trinajstić information content (AvgIpc) is 2.31. The van der Waals surface area contributed by atoms with Crippen LogP contribution in [0.15, 0.2) is 36.4 Å². The lowest BCUT2D eigenvalue weighted by Crippen LogP contribution is -2.06. The molecule has 0 amide bonds. The van der Waals surface area contributed by atoms with Crippen molar-refractivity contribution in [1.29, 1.82) is 0 Å². The first-order chi connectivity index (χ1) is 8.15. The highest BCUT2D eigenvalue weighted by Crippen LogP contribution is 2.18. The molecule has 3 heteroatoms. The van der Waals surface area contributed by atoms with Gasteiger partial charge in [0.05, 0.1) is 6.61 Å². The van der Waals surface area contributed by atoms with Crippen molar-refractivity contribution in [3.05, 3.63) is 47.0 Å². The van der Waals surface area contributed by atoms with E-state index in [4.69, 9.17) is 16.3 Å². The molecule has 0 aliphatic carbocycles. The lowest BCUT2D eigenvalue weighted by molar-refractivity contribution is -0.138. The molecule has 2 nitrogen and oxygen atoms in total. The summed E-state index contributed by atoms with van der Waals surface area (Å²) in [4.78, 5) is 11.3. The van der Waals surface area contributed by atoms with E-state index in [1.54, 1.807) is 6.92 Å². The van der Waals surface area contributed by atoms with Crippen molar-refractivity contribution in [2.45, 2.75) is 26.2 Å². The molecule has 0 unspecified atom stereocenters. The number of carbonyl (C=O) groups is 1. The van der Waals surface area contributed by atoms with E-state index < -0.39 is 0 Å². The smallest absolute Gasteiger partial charge is 0.333 e. The van der Waals surface area contributed by atoms with E-state index in [0.717, 1.165) is 23.4 Å². The Morgan fingerprint density at radius 1 is 1.41 bits per heavy atom. The van der Waals surface area contributed by atoms with Crippen molar-refractivity contribution in [3.8, 4) is 0 Å². The van der Waals surface area contributed by atoms with Crippen molar-refractivity contribution < 1.29 is 9.53 Å². The Bertz CT molecular complexity index is 399. The second-order valence-electron chi connectivity index (χ2n) is 3.77. The number of ether oxygens (including phenoxy) is 1. The van der Waals surface area contributed by atoms with E-state index >= 15 is 0 Å². The zero-order valence-corrected chi connectivity index (χ0v) is 10.8. The third kappa shape index (κ3) is 4.61. The summed E-state index contributed by atoms with van der Waals surface area (Å²) < 4.78 is 4.87. The second kappa shape index (κ2) is 7.13. The summed E-state index contributed by atoms with van der Waals surface area (Å²) in [5.74, 6) is -0.299. The van der Waals surface area contributed by atoms with Gasteiger partial charge in [-0.15, -0.1) is 0 Å². The van der Waals surface area contributed by atoms with Gasteiger partial charge in [0.1, 0.15) is 0 Å². The van der Waals surface area contributed by atoms with Gasteiger partial charge in [0.25, 0.3) is 0 Å². The molecule has 0 heterocycles. The van der Waals surface area contributed by atoms with Gasteiger partial charge in [-0.25, -0.2) is 4.79 Å². The summed E-state index contributed by atoms with van der Waals surface area (Å²) in [6.07, 6.45) is 2.34. The van der Waals surface area contributed by atoms with Gasteiger partial charge in [-0.2, -0.15) is 0 Å². The molecule has 0 bridgehead atoms. The summed E-state index contributed by atoms with van der Waals surface area (Å²) in [6.45, 7) is 5.90. The molecular weight excluding hydrogens is 236 g/mol. The molecule has 0 radical (unpaired) electrons. The maximum Gasteiger partial charge on any atom is 0.333 e. The summed E-state index contributed by atoms with van der Waals surface area (Å²) >= 11 is 6.04. The average molecular weight is 253 g/mol. The van der Waals surface area contributed by atoms with Gasteiger partial charge < -0.3 is 4.74 Å². The van der Waals surface area contributed by atoms with E-state index in [1.807, 2.05) is 24.3 Å². The van der Waals surface area contributed by atoms with Crippen LogP contribution >= 0.6 is 11.6 Å². The molecule has 0 N–H and O–H groups in total. The van der Waals surface area contributed by atoms with Crippen LogP contribution in [0.3, 0.4) is 0 Å². The van der Waals surface area contributed by atoms with Crippen molar-refractivity contribution in [3.63, 3.8) is 0 Å². The van der Waals surface area contributed by atoms with E-state index in [0.29, 0.717) is 18.6 Å². The maximum atomic E-state index is 11.3. The minimum Gasteiger partial charge on any atom is -0.463 e. The number of benzene rings is 1. The van der Waals surface area contributed by atoms with Crippen molar-refractivity contribution in [2.75, 3.05) is 6.61 Å². The number of hydrogen-bond acceptors (Lipinski definition) is 2. The van der Waals surface area contributed by atoms with Crippen molar-refractivity contribution in [2.24, 2.45) is 0 Å². The molecule has 0 fully saturated rings. The Balaban J connectivity index is 2.36. The Morgan fingerprint density at radius 3 is 2.76 bits per heavy atom. The molecular formula is C14H17ClO2. The van der Waals surface area contributed by atoms with Gasteiger partial charge in [-0.05, 0) is 37.8 Å². The fourth-order valence-corrected chi connectivity index (χ4v) is 1.76. The molecule has 0 atom stereocenters. The SMILES string of the molecule is C=C(CCCc1ccccc1Cl)C(=O)OCC. The standard InChI is InChI=1S/C14H17ClO2/c1-3-17-14(16)11(2)7-6-9-12-8-4-5-10-13(12)15/h4-5,8,10H,2-3,6-7,9H2,1H3. The molecule has 0 saturated carbocycles. The Morgan fingerprint density at radius 2 is 2.12 bits per heavy atom. The Hall–Kier alpha value is -1.28. The van der Waals surface area contributed by atoms with E-state index in [1.165, 1.54) is 0 Å². The second-order valence-corrected chi connectivity index (χ2v) is 4.18. The Kier molecular flexibility index (Phi) is 5.78. The van der Waals surface area contributed by atoms with Crippen LogP contribution < -0.4 is 0 Å². The van der Waals surface area contributed by atoms with E-state index in [2.05, 4.69) is 6.58 Å². The van der Waals surface area contributed by atoms with Crippen molar-refractivity contribution in [1.82, 2.24) is 0 Å². The zero-order valence-electron chi connectivity index (χ0n) is 10.0. The third-order valence-electron chi connectivity index (χ3n) is 2.45. The summed E-state index contributed by atoms with van der Waals surface area (Å²) in [5, 5.41) is 0.772. The highest BCUT2D eigenvalue weighted by atomic mass is 35.5. The minimum atomic E-state index is -0.299. The maximum absolute atomic E-state index is 11.3. The predicted octanol–water partition coefficient (Wildman–Crippen LogP) is 3.78. The molecule has 1 rings (SSSR count). The fourth-order valence-electron chi connectivity index (χ4n) is 1.53. The molecule has 0 aliphatic heterocycles. The van der Waals surface area contributed by atoms with Crippen LogP contribution in [0.2, 0.25) is 5.02 Å². The summed E-state index contributed by atoms with van der Waals surface area (Å²) in [5.41, 5.74) is 1.63. The van der Waals surface area contributed by atoms with Crippen LogP contribution in [0.4, 0.5) is 0 Å². The lowest BCUT2D eigenvalue weighted by Gasteiger charge is -2.06. The molecule has 1 aromatic carbocycles. The summed E-state index contributed by atoms with van der Waals surface area (Å²) in [6, 6.07) is 7.73. The van der Waals surface area contributed by atoms with Gasteiger partial charge in [-0.3, -0.25) is 0 Å². The monoisotopic (exact) mass is 252 g/mol. The third-order valence-corrected chi connectivity index (χ3v) is 2.82. The lowest BCUT2D eigenvalue weighted by atomic mass is 10.1. The quantitative estimate of drug-likeness (QED) is 0.569. The number of halogens is 1. The van der Waals surface area contributed by atoms with E-state index in [-0.39, 0.29) is 5.97 Å². The number of aryl methyl sites for hydroxylation is 1. The topological polar surface area (TPSA) is 26.3 Å². The summed E-state index contributed by atoms with van der Waals surface area (Å²) in [7, 11) is 0. The fraction of sp³-hybridized carbons (Fsp3) is 0.357. The van der Waals surface area contributed by atoms with Gasteiger partial charge in [0, 0.05) is 10.6 Å². The van der Waals surface area contributed by atoms with Gasteiger partial charge in [-0.1, -0.05) is 36.4 Å². The zero-order chi connectivity index (χ0) is 12.7. The van der Waals surface area contributed by atoms with Crippen LogP contribution in [0.5, 0.6) is 0 Å². The molecule has 92 valence electrons. The van der Waals surface area contributed by atoms with Crippen LogP contribution in [0, 0.1) is 0 Å². The molecule has 0 spiro atoms. The number of rotatable bonds is 6. The van der Waals surface area contributed by atoms with E-state index in [9.17, 15) is 4.79 Å². The highest BCUT2D eigenvalue weighted by Gasteiger charge is 2.07. The molecule has 1 aromatic rings. The first kappa shape index (κ1) is 13.8. The van der Waals surface area contributed by atoms with Crippen LogP contribution in [-0.4, -0.2) is 12.6 Å². The number of hydrogen-bond donors (Lipinski definition) is 0. The minimum absolute atomic E-state index is 0.299. The van der Waals surface area contributed by atoms with Crippen LogP contribution in [-0.2, 0) is 16.0 Å². The predicted molar refractivity (Wildman–Crippen MR) is 70.2 cm³/mol. The van der Waals surface area contributed by atoms with Gasteiger partial charge >= 0.3 is 5.97 Å². The van der Waals surface area contributed by atoms with Gasteiger partial charge in [0.2, 0.25) is 0 Å². The number of esters is 1. The molecule has 17 heavy (non-hydrogen) atoms. The van der Waals surface area contributed by atoms with Crippen LogP contribution in [0.25, 0.3) is 0 Å². The highest BCUT2D eigenvalue weighted by molar-refractivity contribution is 6.31. The first-order valence-corrected chi connectivity index (χ1v) is 6.11. The molecule has 0 aliphatic rings. The largest absolute Gasteiger partial charge is 0.463 e. The normalized spacial score (nSPS) is 10.0. The molecule has 0 saturated heterocycles. The van der Waals surface area contributed by atoms with Crippen LogP contribution in [0.1, 0.15) is 25.3 Å². The molecule has 0 aromatic heterocycles.